The highest BCUT2D eigenvalue weighted by Crippen LogP contribution is 1.70. The van der Waals surface area contributed by atoms with Crippen LogP contribution in [-0.2, 0) is 0 Å². The minimum atomic E-state index is 0.0572. The van der Waals surface area contributed by atoms with Crippen molar-refractivity contribution in [2.75, 3.05) is 6.61 Å². The SMILES string of the molecule is OC/C=C/C#CBr. The number of allylic oxidation sites excluding steroid dienone is 1. The Hall–Kier alpha value is -0.260. The van der Waals surface area contributed by atoms with Gasteiger partial charge in [0.15, 0.2) is 0 Å². The van der Waals surface area contributed by atoms with E-state index in [1.807, 2.05) is 0 Å². The molecular formula is C5H5BrO. The van der Waals surface area contributed by atoms with Gasteiger partial charge in [-0.05, 0) is 10.9 Å². The number of hydrogen-bond donors (Lipinski definition) is 1. The summed E-state index contributed by atoms with van der Waals surface area (Å²) in [4.78, 5) is 2.47. The molecule has 0 bridgehead atoms. The van der Waals surface area contributed by atoms with Gasteiger partial charge in [-0.3, -0.25) is 0 Å². The van der Waals surface area contributed by atoms with Gasteiger partial charge in [0.1, 0.15) is 0 Å². The fourth-order valence-electron chi connectivity index (χ4n) is 0.143. The highest BCUT2D eigenvalue weighted by Gasteiger charge is 1.57. The molecule has 0 spiro atoms. The van der Waals surface area contributed by atoms with Crippen LogP contribution in [0.15, 0.2) is 12.2 Å². The Balaban J connectivity index is 3.21. The average Bonchev–Trinajstić information content (AvgIpc) is 1.69. The van der Waals surface area contributed by atoms with E-state index in [1.165, 1.54) is 0 Å². The lowest BCUT2D eigenvalue weighted by atomic mass is 10.5. The van der Waals surface area contributed by atoms with E-state index in [-0.39, 0.29) is 6.61 Å². The first kappa shape index (κ1) is 6.74. The number of aliphatic hydroxyl groups excluding tert-OH is 1. The molecule has 0 fully saturated rings. The summed E-state index contributed by atoms with van der Waals surface area (Å²) >= 11 is 2.89. The second-order valence-corrected chi connectivity index (χ2v) is 1.22. The molecule has 0 heterocycles. The molecule has 38 valence electrons. The lowest BCUT2D eigenvalue weighted by Crippen LogP contribution is -1.66. The van der Waals surface area contributed by atoms with Gasteiger partial charge in [-0.1, -0.05) is 12.0 Å². The Kier molecular flexibility index (Phi) is 5.53. The summed E-state index contributed by atoms with van der Waals surface area (Å²) in [6.07, 6.45) is 3.14. The molecule has 1 N–H and O–H groups in total. The maximum Gasteiger partial charge on any atom is 0.0621 e. The number of hydrogen-bond acceptors (Lipinski definition) is 1. The van der Waals surface area contributed by atoms with E-state index in [0.717, 1.165) is 0 Å². The zero-order valence-electron chi connectivity index (χ0n) is 3.69. The Morgan fingerprint density at radius 1 is 1.71 bits per heavy atom. The van der Waals surface area contributed by atoms with Crippen LogP contribution in [0.2, 0.25) is 0 Å². The minimum absolute atomic E-state index is 0.0572. The van der Waals surface area contributed by atoms with Crippen molar-refractivity contribution in [3.8, 4) is 10.8 Å². The normalized spacial score (nSPS) is 8.29. The quantitative estimate of drug-likeness (QED) is 0.566. The average molecular weight is 161 g/mol. The van der Waals surface area contributed by atoms with Gasteiger partial charge < -0.3 is 5.11 Å². The van der Waals surface area contributed by atoms with Crippen LogP contribution in [-0.4, -0.2) is 11.7 Å². The molecule has 0 rings (SSSR count). The molecule has 0 amide bonds. The Bertz CT molecular complexity index is 107. The molecule has 0 aliphatic rings. The van der Waals surface area contributed by atoms with Crippen LogP contribution in [0.25, 0.3) is 0 Å². The van der Waals surface area contributed by atoms with Crippen LogP contribution in [0.3, 0.4) is 0 Å². The number of aliphatic hydroxyl groups is 1. The molecule has 1 nitrogen and oxygen atoms in total. The summed E-state index contributed by atoms with van der Waals surface area (Å²) in [6, 6.07) is 0. The molecule has 7 heavy (non-hydrogen) atoms. The van der Waals surface area contributed by atoms with Crippen LogP contribution in [0.4, 0.5) is 0 Å². The molecule has 0 aromatic rings. The molecule has 0 aromatic carbocycles. The molecule has 2 heteroatoms. The van der Waals surface area contributed by atoms with Gasteiger partial charge >= 0.3 is 0 Å². The van der Waals surface area contributed by atoms with Crippen molar-refractivity contribution >= 4 is 15.9 Å². The third kappa shape index (κ3) is 5.74. The summed E-state index contributed by atoms with van der Waals surface area (Å²) in [5, 5.41) is 8.12. The lowest BCUT2D eigenvalue weighted by molar-refractivity contribution is 0.343. The fourth-order valence-corrected chi connectivity index (χ4v) is 0.275. The molecule has 0 aliphatic carbocycles. The molecule has 0 radical (unpaired) electrons. The second kappa shape index (κ2) is 5.74. The van der Waals surface area contributed by atoms with E-state index < -0.39 is 0 Å². The molecule has 0 unspecified atom stereocenters. The Labute approximate surface area is 51.2 Å². The summed E-state index contributed by atoms with van der Waals surface area (Å²) in [5.74, 6) is 2.58. The predicted molar refractivity (Wildman–Crippen MR) is 32.9 cm³/mol. The number of rotatable bonds is 1. The molecule has 0 saturated heterocycles. The molecule has 0 atom stereocenters. The zero-order valence-corrected chi connectivity index (χ0v) is 5.27. The maximum atomic E-state index is 8.12. The van der Waals surface area contributed by atoms with E-state index in [2.05, 4.69) is 26.7 Å². The largest absolute Gasteiger partial charge is 0.392 e. The topological polar surface area (TPSA) is 20.2 Å². The van der Waals surface area contributed by atoms with Crippen molar-refractivity contribution < 1.29 is 5.11 Å². The molecule has 0 aromatic heterocycles. The van der Waals surface area contributed by atoms with Crippen LogP contribution >= 0.6 is 15.9 Å². The van der Waals surface area contributed by atoms with E-state index in [4.69, 9.17) is 5.11 Å². The van der Waals surface area contributed by atoms with Gasteiger partial charge in [0.25, 0.3) is 0 Å². The third-order valence-corrected chi connectivity index (χ3v) is 0.590. The fraction of sp³-hybridized carbons (Fsp3) is 0.200. The van der Waals surface area contributed by atoms with Crippen molar-refractivity contribution in [3.63, 3.8) is 0 Å². The van der Waals surface area contributed by atoms with Gasteiger partial charge in [0, 0.05) is 15.9 Å². The van der Waals surface area contributed by atoms with Crippen molar-refractivity contribution in [1.29, 1.82) is 0 Å². The van der Waals surface area contributed by atoms with Crippen LogP contribution in [0.1, 0.15) is 0 Å². The molecule has 0 aliphatic heterocycles. The maximum absolute atomic E-state index is 8.12. The van der Waals surface area contributed by atoms with Gasteiger partial charge in [-0.2, -0.15) is 0 Å². The van der Waals surface area contributed by atoms with Crippen molar-refractivity contribution in [1.82, 2.24) is 0 Å². The van der Waals surface area contributed by atoms with E-state index >= 15 is 0 Å². The van der Waals surface area contributed by atoms with Gasteiger partial charge in [0.05, 0.1) is 6.61 Å². The number of halogens is 1. The summed E-state index contributed by atoms with van der Waals surface area (Å²) in [5.41, 5.74) is 0. The first-order valence-electron chi connectivity index (χ1n) is 1.79. The van der Waals surface area contributed by atoms with Crippen LogP contribution in [0, 0.1) is 10.8 Å². The predicted octanol–water partition coefficient (Wildman–Crippen LogP) is 0.891. The van der Waals surface area contributed by atoms with Crippen molar-refractivity contribution in [2.24, 2.45) is 0 Å². The van der Waals surface area contributed by atoms with Gasteiger partial charge in [0.2, 0.25) is 0 Å². The van der Waals surface area contributed by atoms with Crippen molar-refractivity contribution in [2.45, 2.75) is 0 Å². The van der Waals surface area contributed by atoms with E-state index in [9.17, 15) is 0 Å². The summed E-state index contributed by atoms with van der Waals surface area (Å²) in [7, 11) is 0. The highest BCUT2D eigenvalue weighted by molar-refractivity contribution is 9.12. The summed E-state index contributed by atoms with van der Waals surface area (Å²) < 4.78 is 0. The second-order valence-electron chi connectivity index (χ2n) is 0.824. The Morgan fingerprint density at radius 2 is 2.43 bits per heavy atom. The Morgan fingerprint density at radius 3 is 2.86 bits per heavy atom. The monoisotopic (exact) mass is 160 g/mol. The summed E-state index contributed by atoms with van der Waals surface area (Å²) in [6.45, 7) is 0.0572. The third-order valence-electron chi connectivity index (χ3n) is 0.361. The first-order chi connectivity index (χ1) is 3.41. The van der Waals surface area contributed by atoms with Crippen LogP contribution < -0.4 is 0 Å². The highest BCUT2D eigenvalue weighted by atomic mass is 79.9. The first-order valence-corrected chi connectivity index (χ1v) is 2.58. The molecule has 0 saturated carbocycles. The lowest BCUT2D eigenvalue weighted by Gasteiger charge is -1.67. The smallest absolute Gasteiger partial charge is 0.0621 e. The van der Waals surface area contributed by atoms with E-state index in [0.29, 0.717) is 0 Å². The van der Waals surface area contributed by atoms with Crippen LogP contribution in [0.5, 0.6) is 0 Å². The van der Waals surface area contributed by atoms with E-state index in [1.54, 1.807) is 12.2 Å². The van der Waals surface area contributed by atoms with Gasteiger partial charge in [-0.25, -0.2) is 0 Å². The molecular weight excluding hydrogens is 156 g/mol. The zero-order chi connectivity index (χ0) is 5.54. The standard InChI is InChI=1S/C5H5BrO/c6-4-2-1-3-5-7/h1,3,7H,5H2/b3-1+. The minimum Gasteiger partial charge on any atom is -0.392 e. The van der Waals surface area contributed by atoms with Gasteiger partial charge in [-0.15, -0.1) is 0 Å². The van der Waals surface area contributed by atoms with Crippen molar-refractivity contribution in [3.05, 3.63) is 12.2 Å².